The van der Waals surface area contributed by atoms with Crippen LogP contribution in [0.15, 0.2) is 30.6 Å². The van der Waals surface area contributed by atoms with Crippen LogP contribution in [0.5, 0.6) is 0 Å². The minimum Gasteiger partial charge on any atom is -0.378 e. The lowest BCUT2D eigenvalue weighted by Gasteiger charge is -2.32. The van der Waals surface area contributed by atoms with Crippen molar-refractivity contribution in [3.05, 3.63) is 47.8 Å². The van der Waals surface area contributed by atoms with Crippen molar-refractivity contribution < 1.29 is 9.53 Å². The maximum atomic E-state index is 13.0. The van der Waals surface area contributed by atoms with E-state index in [9.17, 15) is 4.79 Å². The number of carbonyl (C=O) groups is 1. The van der Waals surface area contributed by atoms with Crippen LogP contribution in [0.3, 0.4) is 0 Å². The van der Waals surface area contributed by atoms with Gasteiger partial charge in [0.1, 0.15) is 11.5 Å². The normalized spacial score (nSPS) is 17.5. The van der Waals surface area contributed by atoms with Gasteiger partial charge in [-0.3, -0.25) is 4.79 Å². The first-order valence-electron chi connectivity index (χ1n) is 9.48. The summed E-state index contributed by atoms with van der Waals surface area (Å²) in [6.07, 6.45) is 5.94. The Hall–Kier alpha value is -2.25. The van der Waals surface area contributed by atoms with Crippen LogP contribution in [0.1, 0.15) is 40.8 Å². The molecular formula is C20H29N5O2. The Morgan fingerprint density at radius 2 is 2.22 bits per heavy atom. The van der Waals surface area contributed by atoms with Crippen molar-refractivity contribution in [2.75, 3.05) is 40.8 Å². The summed E-state index contributed by atoms with van der Waals surface area (Å²) in [5.74, 6) is 1.33. The molecule has 1 saturated heterocycles. The lowest BCUT2D eigenvalue weighted by Crippen LogP contribution is -2.40. The average Bonchev–Trinajstić information content (AvgIpc) is 3.15. The summed E-state index contributed by atoms with van der Waals surface area (Å²) < 4.78 is 7.34. The summed E-state index contributed by atoms with van der Waals surface area (Å²) in [6, 6.07) is 5.52. The van der Waals surface area contributed by atoms with Gasteiger partial charge in [0.2, 0.25) is 0 Å². The Bertz CT molecular complexity index is 758. The van der Waals surface area contributed by atoms with Crippen LogP contribution >= 0.6 is 0 Å². The third-order valence-corrected chi connectivity index (χ3v) is 4.93. The van der Waals surface area contributed by atoms with Crippen molar-refractivity contribution in [3.8, 4) is 0 Å². The van der Waals surface area contributed by atoms with E-state index in [2.05, 4.69) is 33.5 Å². The average molecular weight is 371 g/mol. The predicted molar refractivity (Wildman–Crippen MR) is 104 cm³/mol. The molecule has 1 aliphatic rings. The maximum Gasteiger partial charge on any atom is 0.272 e. The number of hydrogen-bond acceptors (Lipinski definition) is 5. The summed E-state index contributed by atoms with van der Waals surface area (Å²) in [7, 11) is 5.77. The van der Waals surface area contributed by atoms with Crippen LogP contribution in [-0.2, 0) is 17.9 Å². The molecule has 0 N–H and O–H groups in total. The molecule has 0 saturated carbocycles. The van der Waals surface area contributed by atoms with Gasteiger partial charge in [-0.1, -0.05) is 6.07 Å². The van der Waals surface area contributed by atoms with E-state index in [0.29, 0.717) is 18.8 Å². The number of imidazole rings is 1. The van der Waals surface area contributed by atoms with Crippen molar-refractivity contribution in [1.29, 1.82) is 0 Å². The number of nitrogens with zero attached hydrogens (tertiary/aromatic N) is 5. The molecule has 27 heavy (non-hydrogen) atoms. The fourth-order valence-electron chi connectivity index (χ4n) is 3.54. The molecule has 1 atom stereocenters. The molecule has 1 aliphatic heterocycles. The van der Waals surface area contributed by atoms with Gasteiger partial charge in [-0.15, -0.1) is 0 Å². The van der Waals surface area contributed by atoms with E-state index in [-0.39, 0.29) is 11.8 Å². The van der Waals surface area contributed by atoms with Crippen LogP contribution < -0.4 is 0 Å². The molecule has 2 aromatic rings. The molecular weight excluding hydrogens is 342 g/mol. The number of carbonyl (C=O) groups excluding carboxylic acids is 1. The molecule has 1 amide bonds. The summed E-state index contributed by atoms with van der Waals surface area (Å²) in [6.45, 7) is 3.74. The second kappa shape index (κ2) is 9.10. The Kier molecular flexibility index (Phi) is 6.58. The lowest BCUT2D eigenvalue weighted by atomic mass is 9.96. The molecule has 7 nitrogen and oxygen atoms in total. The van der Waals surface area contributed by atoms with Gasteiger partial charge in [-0.05, 0) is 39.1 Å². The number of methoxy groups -OCH3 is 1. The number of pyridine rings is 1. The monoisotopic (exact) mass is 371 g/mol. The number of amides is 1. The van der Waals surface area contributed by atoms with Crippen molar-refractivity contribution in [2.24, 2.45) is 0 Å². The van der Waals surface area contributed by atoms with Crippen LogP contribution in [0.2, 0.25) is 0 Å². The molecule has 1 fully saturated rings. The molecule has 3 rings (SSSR count). The zero-order valence-corrected chi connectivity index (χ0v) is 16.5. The molecule has 0 radical (unpaired) electrons. The van der Waals surface area contributed by atoms with E-state index < -0.39 is 0 Å². The number of likely N-dealkylation sites (N-methyl/N-ethyl adjacent to an activating group) is 1. The van der Waals surface area contributed by atoms with Crippen LogP contribution in [0.4, 0.5) is 0 Å². The van der Waals surface area contributed by atoms with E-state index in [1.165, 1.54) is 0 Å². The van der Waals surface area contributed by atoms with Gasteiger partial charge in [0.15, 0.2) is 0 Å². The summed E-state index contributed by atoms with van der Waals surface area (Å²) >= 11 is 0. The number of ether oxygens (including phenoxy) is 1. The highest BCUT2D eigenvalue weighted by molar-refractivity contribution is 5.92. The fraction of sp³-hybridized carbons (Fsp3) is 0.550. The Labute approximate surface area is 161 Å². The molecule has 0 aromatic carbocycles. The van der Waals surface area contributed by atoms with Crippen molar-refractivity contribution >= 4 is 5.91 Å². The van der Waals surface area contributed by atoms with Gasteiger partial charge in [0.05, 0.1) is 12.3 Å². The molecule has 7 heteroatoms. The summed E-state index contributed by atoms with van der Waals surface area (Å²) in [4.78, 5) is 26.1. The van der Waals surface area contributed by atoms with Gasteiger partial charge in [-0.25, -0.2) is 9.97 Å². The highest BCUT2D eigenvalue weighted by Crippen LogP contribution is 2.26. The molecule has 3 heterocycles. The number of hydrogen-bond donors (Lipinski definition) is 0. The summed E-state index contributed by atoms with van der Waals surface area (Å²) in [5, 5.41) is 0. The highest BCUT2D eigenvalue weighted by Gasteiger charge is 2.28. The van der Waals surface area contributed by atoms with Gasteiger partial charge in [0, 0.05) is 51.6 Å². The molecule has 146 valence electrons. The minimum absolute atomic E-state index is 0.0101. The smallest absolute Gasteiger partial charge is 0.272 e. The number of rotatable bonds is 7. The third-order valence-electron chi connectivity index (χ3n) is 4.93. The van der Waals surface area contributed by atoms with E-state index in [1.54, 1.807) is 13.2 Å². The first kappa shape index (κ1) is 19.5. The van der Waals surface area contributed by atoms with Gasteiger partial charge < -0.3 is 19.1 Å². The second-order valence-corrected chi connectivity index (χ2v) is 7.32. The van der Waals surface area contributed by atoms with E-state index >= 15 is 0 Å². The minimum atomic E-state index is -0.0101. The predicted octanol–water partition coefficient (Wildman–Crippen LogP) is 2.01. The first-order chi connectivity index (χ1) is 13.1. The maximum absolute atomic E-state index is 13.0. The lowest BCUT2D eigenvalue weighted by molar-refractivity contribution is 0.0696. The molecule has 0 aliphatic carbocycles. The topological polar surface area (TPSA) is 63.5 Å². The SMILES string of the molecule is COCc1cccc(C(=O)N2CCCC(c3nccn3CCN(C)C)C2)n1. The van der Waals surface area contributed by atoms with E-state index in [0.717, 1.165) is 44.0 Å². The van der Waals surface area contributed by atoms with Crippen molar-refractivity contribution in [1.82, 2.24) is 24.3 Å². The Morgan fingerprint density at radius 1 is 1.37 bits per heavy atom. The zero-order valence-electron chi connectivity index (χ0n) is 16.5. The van der Waals surface area contributed by atoms with E-state index in [1.807, 2.05) is 29.4 Å². The first-order valence-corrected chi connectivity index (χ1v) is 9.48. The molecule has 0 spiro atoms. The van der Waals surface area contributed by atoms with Crippen LogP contribution in [0, 0.1) is 0 Å². The number of aromatic nitrogens is 3. The van der Waals surface area contributed by atoms with Gasteiger partial charge in [0.25, 0.3) is 5.91 Å². The largest absolute Gasteiger partial charge is 0.378 e. The van der Waals surface area contributed by atoms with Crippen molar-refractivity contribution in [2.45, 2.75) is 31.9 Å². The summed E-state index contributed by atoms with van der Waals surface area (Å²) in [5.41, 5.74) is 1.26. The zero-order chi connectivity index (χ0) is 19.2. The molecule has 0 bridgehead atoms. The van der Waals surface area contributed by atoms with Crippen LogP contribution in [-0.4, -0.2) is 71.1 Å². The van der Waals surface area contributed by atoms with E-state index in [4.69, 9.17) is 4.74 Å². The fourth-order valence-corrected chi connectivity index (χ4v) is 3.54. The molecule has 1 unspecified atom stereocenters. The Balaban J connectivity index is 1.70. The van der Waals surface area contributed by atoms with Crippen LogP contribution in [0.25, 0.3) is 0 Å². The van der Waals surface area contributed by atoms with Crippen molar-refractivity contribution in [3.63, 3.8) is 0 Å². The quantitative estimate of drug-likeness (QED) is 0.745. The third kappa shape index (κ3) is 4.93. The highest BCUT2D eigenvalue weighted by atomic mass is 16.5. The van der Waals surface area contributed by atoms with Gasteiger partial charge in [-0.2, -0.15) is 0 Å². The number of likely N-dealkylation sites (tertiary alicyclic amines) is 1. The number of piperidine rings is 1. The van der Waals surface area contributed by atoms with Gasteiger partial charge >= 0.3 is 0 Å². The Morgan fingerprint density at radius 3 is 3.00 bits per heavy atom. The second-order valence-electron chi connectivity index (χ2n) is 7.32. The standard InChI is InChI=1S/C20H29N5O2/c1-23(2)12-13-24-11-9-21-19(24)16-6-5-10-25(14-16)20(26)18-8-4-7-17(22-18)15-27-3/h4,7-9,11,16H,5-6,10,12-15H2,1-3H3. The molecule has 2 aromatic heterocycles.